The first-order valence-electron chi connectivity index (χ1n) is 10.5. The highest BCUT2D eigenvalue weighted by Gasteiger charge is 2.16. The number of carbonyl (C=O) groups is 1. The second-order valence-corrected chi connectivity index (χ2v) is 9.66. The Balaban J connectivity index is 1.50. The van der Waals surface area contributed by atoms with Crippen molar-refractivity contribution in [1.82, 2.24) is 9.97 Å². The summed E-state index contributed by atoms with van der Waals surface area (Å²) in [6.45, 7) is 4.15. The fraction of sp³-hybridized carbons (Fsp3) is 0.0741. The molecule has 6 heteroatoms. The van der Waals surface area contributed by atoms with Crippen molar-refractivity contribution in [3.8, 4) is 22.5 Å². The minimum absolute atomic E-state index is 0.200. The summed E-state index contributed by atoms with van der Waals surface area (Å²) < 4.78 is 0.994. The Bertz CT molecular complexity index is 1490. The molecule has 0 aliphatic rings. The van der Waals surface area contributed by atoms with Gasteiger partial charge in [-0.1, -0.05) is 70.0 Å². The molecule has 2 aromatic heterocycles. The number of fused-ring (bicyclic) bond motifs is 1. The molecule has 1 N–H and O–H groups in total. The molecule has 0 aliphatic heterocycles. The van der Waals surface area contributed by atoms with Gasteiger partial charge in [0.2, 0.25) is 0 Å². The zero-order valence-electron chi connectivity index (χ0n) is 18.1. The third-order valence-electron chi connectivity index (χ3n) is 5.48. The minimum Gasteiger partial charge on any atom is -0.298 e. The molecule has 1 amide bonds. The van der Waals surface area contributed by atoms with Gasteiger partial charge in [-0.2, -0.15) is 0 Å². The summed E-state index contributed by atoms with van der Waals surface area (Å²) in [6.07, 6.45) is 0. The highest BCUT2D eigenvalue weighted by molar-refractivity contribution is 9.10. The maximum atomic E-state index is 13.3. The van der Waals surface area contributed by atoms with E-state index >= 15 is 0 Å². The molecule has 0 bridgehead atoms. The van der Waals surface area contributed by atoms with Crippen molar-refractivity contribution in [2.75, 3.05) is 5.32 Å². The van der Waals surface area contributed by atoms with Gasteiger partial charge in [0.05, 0.1) is 22.5 Å². The van der Waals surface area contributed by atoms with Gasteiger partial charge in [-0.05, 0) is 43.7 Å². The maximum absolute atomic E-state index is 13.3. The van der Waals surface area contributed by atoms with E-state index in [1.807, 2.05) is 60.0 Å². The molecule has 0 unspecified atom stereocenters. The second kappa shape index (κ2) is 8.89. The molecule has 0 radical (unpaired) electrons. The van der Waals surface area contributed by atoms with Crippen LogP contribution < -0.4 is 5.32 Å². The topological polar surface area (TPSA) is 54.9 Å². The number of anilines is 1. The van der Waals surface area contributed by atoms with Crippen molar-refractivity contribution in [2.24, 2.45) is 0 Å². The summed E-state index contributed by atoms with van der Waals surface area (Å²) >= 11 is 4.89. The van der Waals surface area contributed by atoms with E-state index in [0.29, 0.717) is 10.7 Å². The number of nitrogens with zero attached hydrogens (tertiary/aromatic N) is 2. The number of halogens is 1. The second-order valence-electron chi connectivity index (χ2n) is 7.89. The Morgan fingerprint density at radius 3 is 2.48 bits per heavy atom. The van der Waals surface area contributed by atoms with Gasteiger partial charge in [0, 0.05) is 26.4 Å². The summed E-state index contributed by atoms with van der Waals surface area (Å²) in [5.74, 6) is -0.200. The number of nitrogens with one attached hydrogen (secondary N) is 1. The largest absolute Gasteiger partial charge is 0.298 e. The van der Waals surface area contributed by atoms with Crippen molar-refractivity contribution in [3.63, 3.8) is 0 Å². The van der Waals surface area contributed by atoms with Gasteiger partial charge >= 0.3 is 0 Å². The predicted molar refractivity (Wildman–Crippen MR) is 140 cm³/mol. The fourth-order valence-electron chi connectivity index (χ4n) is 3.85. The summed E-state index contributed by atoms with van der Waals surface area (Å²) in [6, 6.07) is 23.7. The molecule has 0 fully saturated rings. The highest BCUT2D eigenvalue weighted by atomic mass is 79.9. The first-order valence-corrected chi connectivity index (χ1v) is 12.2. The fourth-order valence-corrected chi connectivity index (χ4v) is 4.82. The van der Waals surface area contributed by atoms with Crippen LogP contribution >= 0.6 is 27.3 Å². The minimum atomic E-state index is -0.200. The molecule has 0 atom stereocenters. The number of carbonyl (C=O) groups excluding carboxylic acids is 1. The van der Waals surface area contributed by atoms with E-state index in [4.69, 9.17) is 4.98 Å². The summed E-state index contributed by atoms with van der Waals surface area (Å²) in [5, 5.41) is 6.35. The van der Waals surface area contributed by atoms with Crippen molar-refractivity contribution >= 4 is 49.2 Å². The van der Waals surface area contributed by atoms with E-state index in [9.17, 15) is 4.79 Å². The van der Waals surface area contributed by atoms with Crippen molar-refractivity contribution in [2.45, 2.75) is 13.8 Å². The van der Waals surface area contributed by atoms with Gasteiger partial charge in [0.1, 0.15) is 0 Å². The molecule has 0 spiro atoms. The number of pyridine rings is 1. The molecule has 0 saturated heterocycles. The summed E-state index contributed by atoms with van der Waals surface area (Å²) in [5.41, 5.74) is 7.36. The van der Waals surface area contributed by atoms with Crippen LogP contribution in [0.2, 0.25) is 0 Å². The molecule has 4 nitrogen and oxygen atoms in total. The predicted octanol–water partition coefficient (Wildman–Crippen LogP) is 7.66. The van der Waals surface area contributed by atoms with Gasteiger partial charge in [-0.3, -0.25) is 10.1 Å². The number of aromatic nitrogens is 2. The van der Waals surface area contributed by atoms with Gasteiger partial charge in [-0.25, -0.2) is 9.97 Å². The first-order chi connectivity index (χ1) is 16.0. The third-order valence-corrected chi connectivity index (χ3v) is 6.77. The number of thiazole rings is 1. The molecule has 5 rings (SSSR count). The van der Waals surface area contributed by atoms with Crippen molar-refractivity contribution < 1.29 is 4.79 Å². The zero-order chi connectivity index (χ0) is 22.9. The van der Waals surface area contributed by atoms with Crippen LogP contribution in [-0.2, 0) is 0 Å². The Labute approximate surface area is 204 Å². The summed E-state index contributed by atoms with van der Waals surface area (Å²) in [7, 11) is 0. The molecule has 33 heavy (non-hydrogen) atoms. The van der Waals surface area contributed by atoms with Crippen LogP contribution in [0.1, 0.15) is 21.5 Å². The van der Waals surface area contributed by atoms with E-state index in [1.54, 1.807) is 0 Å². The molecule has 3 aromatic carbocycles. The van der Waals surface area contributed by atoms with E-state index in [0.717, 1.165) is 43.5 Å². The molecule has 0 aliphatic carbocycles. The Morgan fingerprint density at radius 1 is 0.909 bits per heavy atom. The number of aryl methyl sites for hydroxylation is 2. The number of hydrogen-bond acceptors (Lipinski definition) is 4. The lowest BCUT2D eigenvalue weighted by Gasteiger charge is -2.10. The molecular formula is C27H20BrN3OS. The van der Waals surface area contributed by atoms with Gasteiger partial charge in [0.15, 0.2) is 5.13 Å². The molecule has 162 valence electrons. The number of benzene rings is 3. The summed E-state index contributed by atoms with van der Waals surface area (Å²) in [4.78, 5) is 22.8. The lowest BCUT2D eigenvalue weighted by Crippen LogP contribution is -2.13. The van der Waals surface area contributed by atoms with Crippen LogP contribution in [0.4, 0.5) is 5.13 Å². The van der Waals surface area contributed by atoms with Gasteiger partial charge in [0.25, 0.3) is 5.91 Å². The molecule has 0 saturated carbocycles. The van der Waals surface area contributed by atoms with Crippen LogP contribution in [0.15, 0.2) is 82.6 Å². The average molecular weight is 514 g/mol. The number of amides is 1. The SMILES string of the molecule is Cc1ccc(-c2csc(NC(=O)c3cc(-c4ccc(Br)cc4)nc4ccccc34)n2)c(C)c1. The Kier molecular flexibility index (Phi) is 5.79. The van der Waals surface area contributed by atoms with Gasteiger partial charge < -0.3 is 0 Å². The molecule has 2 heterocycles. The monoisotopic (exact) mass is 513 g/mol. The van der Waals surface area contributed by atoms with Crippen LogP contribution in [0, 0.1) is 13.8 Å². The Hall–Kier alpha value is -3.35. The third kappa shape index (κ3) is 4.45. The smallest absolute Gasteiger partial charge is 0.258 e. The quantitative estimate of drug-likeness (QED) is 0.268. The highest BCUT2D eigenvalue weighted by Crippen LogP contribution is 2.30. The van der Waals surface area contributed by atoms with E-state index < -0.39 is 0 Å². The van der Waals surface area contributed by atoms with E-state index in [1.165, 1.54) is 16.9 Å². The van der Waals surface area contributed by atoms with E-state index in [-0.39, 0.29) is 5.91 Å². The first kappa shape index (κ1) is 21.5. The van der Waals surface area contributed by atoms with Crippen LogP contribution in [-0.4, -0.2) is 15.9 Å². The van der Waals surface area contributed by atoms with Crippen LogP contribution in [0.5, 0.6) is 0 Å². The van der Waals surface area contributed by atoms with E-state index in [2.05, 4.69) is 58.3 Å². The van der Waals surface area contributed by atoms with Crippen LogP contribution in [0.3, 0.4) is 0 Å². The maximum Gasteiger partial charge on any atom is 0.258 e. The number of hydrogen-bond donors (Lipinski definition) is 1. The molecular weight excluding hydrogens is 494 g/mol. The van der Waals surface area contributed by atoms with Crippen molar-refractivity contribution in [3.05, 3.63) is 99.3 Å². The average Bonchev–Trinajstić information content (AvgIpc) is 3.26. The number of rotatable bonds is 4. The number of para-hydroxylation sites is 1. The zero-order valence-corrected chi connectivity index (χ0v) is 20.5. The van der Waals surface area contributed by atoms with Gasteiger partial charge in [-0.15, -0.1) is 11.3 Å². The van der Waals surface area contributed by atoms with Crippen molar-refractivity contribution in [1.29, 1.82) is 0 Å². The Morgan fingerprint density at radius 2 is 1.70 bits per heavy atom. The molecule has 5 aromatic rings. The normalized spacial score (nSPS) is 11.0. The standard InChI is InChI=1S/C27H20BrN3OS/c1-16-7-12-20(17(2)13-16)25-15-33-27(30-25)31-26(32)22-14-24(18-8-10-19(28)11-9-18)29-23-6-4-3-5-21(22)23/h3-15H,1-2H3,(H,30,31,32). The lowest BCUT2D eigenvalue weighted by atomic mass is 10.0. The van der Waals surface area contributed by atoms with Crippen LogP contribution in [0.25, 0.3) is 33.4 Å². The lowest BCUT2D eigenvalue weighted by molar-refractivity contribution is 0.102.